The SMILES string of the molecule is COc1ccc(C2=C(Nc3ccc4c(c3)OCO4)C(=O)N(Cc3ccccc3F)C2=O)cc1. The molecular formula is C25H19FN2O5. The van der Waals surface area contributed by atoms with Gasteiger partial charge in [-0.15, -0.1) is 0 Å². The van der Waals surface area contributed by atoms with Crippen molar-refractivity contribution in [1.82, 2.24) is 4.90 Å². The van der Waals surface area contributed by atoms with Gasteiger partial charge in [0.15, 0.2) is 11.5 Å². The second kappa shape index (κ2) is 8.31. The molecule has 2 amide bonds. The van der Waals surface area contributed by atoms with Gasteiger partial charge in [0.1, 0.15) is 17.3 Å². The number of rotatable bonds is 6. The Bertz CT molecular complexity index is 1290. The van der Waals surface area contributed by atoms with Crippen LogP contribution in [-0.4, -0.2) is 30.6 Å². The highest BCUT2D eigenvalue weighted by atomic mass is 19.1. The first-order chi connectivity index (χ1) is 16.0. The number of imide groups is 1. The summed E-state index contributed by atoms with van der Waals surface area (Å²) >= 11 is 0. The molecule has 0 bridgehead atoms. The highest BCUT2D eigenvalue weighted by Gasteiger charge is 2.39. The second-order valence-corrected chi connectivity index (χ2v) is 7.46. The average molecular weight is 446 g/mol. The lowest BCUT2D eigenvalue weighted by molar-refractivity contribution is -0.137. The Morgan fingerprint density at radius 1 is 0.970 bits per heavy atom. The Morgan fingerprint density at radius 3 is 2.48 bits per heavy atom. The molecule has 5 rings (SSSR count). The van der Waals surface area contributed by atoms with Crippen LogP contribution in [0.3, 0.4) is 0 Å². The number of nitrogens with one attached hydrogen (secondary N) is 1. The fourth-order valence-corrected chi connectivity index (χ4v) is 3.78. The van der Waals surface area contributed by atoms with Crippen molar-refractivity contribution in [2.75, 3.05) is 19.2 Å². The van der Waals surface area contributed by atoms with Crippen molar-refractivity contribution in [2.24, 2.45) is 0 Å². The van der Waals surface area contributed by atoms with Crippen LogP contribution < -0.4 is 19.5 Å². The topological polar surface area (TPSA) is 77.1 Å². The summed E-state index contributed by atoms with van der Waals surface area (Å²) in [5, 5.41) is 3.07. The van der Waals surface area contributed by atoms with Gasteiger partial charge in [-0.3, -0.25) is 14.5 Å². The molecule has 0 radical (unpaired) electrons. The summed E-state index contributed by atoms with van der Waals surface area (Å²) in [5.74, 6) is 0.195. The van der Waals surface area contributed by atoms with Gasteiger partial charge in [0.25, 0.3) is 11.8 Å². The average Bonchev–Trinajstić information content (AvgIpc) is 3.39. The van der Waals surface area contributed by atoms with Gasteiger partial charge >= 0.3 is 0 Å². The van der Waals surface area contributed by atoms with Crippen molar-refractivity contribution in [3.05, 3.63) is 89.4 Å². The minimum Gasteiger partial charge on any atom is -0.497 e. The van der Waals surface area contributed by atoms with Crippen LogP contribution in [0.5, 0.6) is 17.2 Å². The van der Waals surface area contributed by atoms with Crippen LogP contribution in [0.15, 0.2) is 72.4 Å². The lowest BCUT2D eigenvalue weighted by Crippen LogP contribution is -2.32. The van der Waals surface area contributed by atoms with Gasteiger partial charge in [-0.1, -0.05) is 30.3 Å². The van der Waals surface area contributed by atoms with Crippen LogP contribution in [0.2, 0.25) is 0 Å². The maximum Gasteiger partial charge on any atom is 0.278 e. The number of anilines is 1. The Kier molecular flexibility index (Phi) is 5.18. The number of hydrogen-bond donors (Lipinski definition) is 1. The highest BCUT2D eigenvalue weighted by Crippen LogP contribution is 2.37. The van der Waals surface area contributed by atoms with E-state index in [1.54, 1.807) is 67.8 Å². The van der Waals surface area contributed by atoms with Crippen molar-refractivity contribution in [2.45, 2.75) is 6.54 Å². The van der Waals surface area contributed by atoms with Crippen molar-refractivity contribution >= 4 is 23.1 Å². The molecule has 2 aliphatic rings. The van der Waals surface area contributed by atoms with Gasteiger partial charge in [0, 0.05) is 17.3 Å². The number of ether oxygens (including phenoxy) is 3. The number of amides is 2. The molecule has 2 aliphatic heterocycles. The zero-order valence-corrected chi connectivity index (χ0v) is 17.6. The van der Waals surface area contributed by atoms with Gasteiger partial charge < -0.3 is 19.5 Å². The summed E-state index contributed by atoms with van der Waals surface area (Å²) in [6.07, 6.45) is 0. The summed E-state index contributed by atoms with van der Waals surface area (Å²) in [5.41, 5.74) is 1.62. The van der Waals surface area contributed by atoms with Crippen LogP contribution in [-0.2, 0) is 16.1 Å². The predicted octanol–water partition coefficient (Wildman–Crippen LogP) is 3.96. The van der Waals surface area contributed by atoms with Crippen LogP contribution in [0, 0.1) is 5.82 Å². The van der Waals surface area contributed by atoms with Crippen molar-refractivity contribution in [3.8, 4) is 17.2 Å². The van der Waals surface area contributed by atoms with Gasteiger partial charge in [-0.2, -0.15) is 0 Å². The van der Waals surface area contributed by atoms with E-state index in [4.69, 9.17) is 14.2 Å². The smallest absolute Gasteiger partial charge is 0.278 e. The number of nitrogens with zero attached hydrogens (tertiary/aromatic N) is 1. The van der Waals surface area contributed by atoms with Gasteiger partial charge in [-0.25, -0.2) is 4.39 Å². The van der Waals surface area contributed by atoms with Gasteiger partial charge in [0.05, 0.1) is 19.2 Å². The molecule has 7 nitrogen and oxygen atoms in total. The van der Waals surface area contributed by atoms with Gasteiger partial charge in [-0.05, 0) is 35.9 Å². The standard InChI is InChI=1S/C25H19FN2O5/c1-31-18-9-6-15(7-10-18)22-23(27-17-8-11-20-21(12-17)33-14-32-20)25(30)28(24(22)29)13-16-4-2-3-5-19(16)26/h2-12,27H,13-14H2,1H3. The number of hydrogen-bond acceptors (Lipinski definition) is 6. The Balaban J connectivity index is 1.53. The third-order valence-electron chi connectivity index (χ3n) is 5.47. The number of fused-ring (bicyclic) bond motifs is 1. The lowest BCUT2D eigenvalue weighted by atomic mass is 10.0. The fourth-order valence-electron chi connectivity index (χ4n) is 3.78. The summed E-state index contributed by atoms with van der Waals surface area (Å²) in [4.78, 5) is 27.8. The van der Waals surface area contributed by atoms with E-state index in [1.165, 1.54) is 6.07 Å². The second-order valence-electron chi connectivity index (χ2n) is 7.46. The number of halogens is 1. The molecule has 0 aromatic heterocycles. The van der Waals surface area contributed by atoms with E-state index in [1.807, 2.05) is 0 Å². The summed E-state index contributed by atoms with van der Waals surface area (Å²) < 4.78 is 30.2. The molecule has 33 heavy (non-hydrogen) atoms. The third-order valence-corrected chi connectivity index (χ3v) is 5.47. The number of methoxy groups -OCH3 is 1. The van der Waals surface area contributed by atoms with E-state index in [0.717, 1.165) is 4.90 Å². The van der Waals surface area contributed by atoms with Crippen LogP contribution in [0.1, 0.15) is 11.1 Å². The molecule has 1 N–H and O–H groups in total. The van der Waals surface area contributed by atoms with Crippen molar-refractivity contribution < 1.29 is 28.2 Å². The largest absolute Gasteiger partial charge is 0.497 e. The molecule has 0 atom stereocenters. The van der Waals surface area contributed by atoms with Crippen LogP contribution >= 0.6 is 0 Å². The molecule has 0 fully saturated rings. The maximum atomic E-state index is 14.3. The zero-order valence-electron chi connectivity index (χ0n) is 17.6. The molecule has 3 aromatic rings. The molecule has 8 heteroatoms. The minimum atomic E-state index is -0.549. The molecule has 166 valence electrons. The molecule has 0 spiro atoms. The third kappa shape index (κ3) is 3.76. The summed E-state index contributed by atoms with van der Waals surface area (Å²) in [6.45, 7) is -0.0667. The summed E-state index contributed by atoms with van der Waals surface area (Å²) in [6, 6.07) is 18.0. The Hall–Kier alpha value is -4.33. The number of carbonyl (C=O) groups is 2. The molecule has 2 heterocycles. The quantitative estimate of drug-likeness (QED) is 0.578. The van der Waals surface area contributed by atoms with Gasteiger partial charge in [0.2, 0.25) is 6.79 Å². The first-order valence-corrected chi connectivity index (χ1v) is 10.2. The lowest BCUT2D eigenvalue weighted by Gasteiger charge is -2.16. The number of carbonyl (C=O) groups excluding carboxylic acids is 2. The monoisotopic (exact) mass is 446 g/mol. The fraction of sp³-hybridized carbons (Fsp3) is 0.120. The first-order valence-electron chi connectivity index (χ1n) is 10.2. The van der Waals surface area contributed by atoms with Crippen LogP contribution in [0.4, 0.5) is 10.1 Å². The normalized spacial score (nSPS) is 14.8. The molecule has 0 aliphatic carbocycles. The van der Waals surface area contributed by atoms with Crippen molar-refractivity contribution in [3.63, 3.8) is 0 Å². The minimum absolute atomic E-state index is 0.0976. The summed E-state index contributed by atoms with van der Waals surface area (Å²) in [7, 11) is 1.54. The Morgan fingerprint density at radius 2 is 1.73 bits per heavy atom. The molecule has 0 unspecified atom stereocenters. The molecule has 3 aromatic carbocycles. The Labute approximate surface area is 189 Å². The molecule has 0 saturated heterocycles. The first kappa shape index (κ1) is 20.6. The van der Waals surface area contributed by atoms with E-state index < -0.39 is 17.6 Å². The molecular weight excluding hydrogens is 427 g/mol. The van der Waals surface area contributed by atoms with E-state index in [0.29, 0.717) is 28.5 Å². The maximum absolute atomic E-state index is 14.3. The van der Waals surface area contributed by atoms with Crippen molar-refractivity contribution in [1.29, 1.82) is 0 Å². The number of benzene rings is 3. The van der Waals surface area contributed by atoms with E-state index >= 15 is 0 Å². The zero-order chi connectivity index (χ0) is 22.9. The molecule has 0 saturated carbocycles. The van der Waals surface area contributed by atoms with E-state index in [9.17, 15) is 14.0 Å². The predicted molar refractivity (Wildman–Crippen MR) is 118 cm³/mol. The van der Waals surface area contributed by atoms with E-state index in [-0.39, 0.29) is 30.2 Å². The highest BCUT2D eigenvalue weighted by molar-refractivity contribution is 6.36. The van der Waals surface area contributed by atoms with Crippen LogP contribution in [0.25, 0.3) is 5.57 Å². The van der Waals surface area contributed by atoms with E-state index in [2.05, 4.69) is 5.32 Å².